The summed E-state index contributed by atoms with van der Waals surface area (Å²) in [5.41, 5.74) is 1.86. The number of fused-ring (bicyclic) bond motifs is 1. The highest BCUT2D eigenvalue weighted by atomic mass is 16.5. The van der Waals surface area contributed by atoms with E-state index in [0.717, 1.165) is 5.56 Å². The van der Waals surface area contributed by atoms with Gasteiger partial charge in [0.25, 0.3) is 5.91 Å². The van der Waals surface area contributed by atoms with Gasteiger partial charge in [-0.2, -0.15) is 5.10 Å². The van der Waals surface area contributed by atoms with Crippen LogP contribution in [0, 0.1) is 12.8 Å². The molecule has 8 nitrogen and oxygen atoms in total. The molecule has 0 spiro atoms. The van der Waals surface area contributed by atoms with Crippen LogP contribution in [0.1, 0.15) is 16.1 Å². The van der Waals surface area contributed by atoms with Crippen LogP contribution in [0.2, 0.25) is 0 Å². The lowest BCUT2D eigenvalue weighted by Gasteiger charge is -2.33. The number of hydrogen-bond donors (Lipinski definition) is 2. The molecule has 0 radical (unpaired) electrons. The fraction of sp³-hybridized carbons (Fsp3) is 0.533. The number of nitrogens with zero attached hydrogens (tertiary/aromatic N) is 3. The highest BCUT2D eigenvalue weighted by molar-refractivity contribution is 5.93. The Hall–Kier alpha value is -2.03. The fourth-order valence-corrected chi connectivity index (χ4v) is 2.62. The van der Waals surface area contributed by atoms with Crippen LogP contribution in [-0.4, -0.2) is 64.7 Å². The summed E-state index contributed by atoms with van der Waals surface area (Å²) in [5, 5.41) is 17.2. The monoisotopic (exact) mass is 320 g/mol. The molecule has 1 aliphatic heterocycles. The quantitative estimate of drug-likeness (QED) is 0.809. The first kappa shape index (κ1) is 15.9. The van der Waals surface area contributed by atoms with Gasteiger partial charge >= 0.3 is 0 Å². The highest BCUT2D eigenvalue weighted by Gasteiger charge is 2.33. The minimum Gasteiger partial charge on any atom is -0.390 e. The molecule has 23 heavy (non-hydrogen) atoms. The Morgan fingerprint density at radius 1 is 1.57 bits per heavy atom. The number of nitrogens with one attached hydrogen (secondary N) is 1. The van der Waals surface area contributed by atoms with Crippen molar-refractivity contribution >= 4 is 11.6 Å². The number of aryl methyl sites for hydroxylation is 1. The van der Waals surface area contributed by atoms with E-state index in [1.807, 2.05) is 6.92 Å². The maximum absolute atomic E-state index is 12.2. The van der Waals surface area contributed by atoms with Crippen molar-refractivity contribution in [2.45, 2.75) is 19.1 Å². The summed E-state index contributed by atoms with van der Waals surface area (Å²) in [4.78, 5) is 16.4. The summed E-state index contributed by atoms with van der Waals surface area (Å²) in [6, 6.07) is 1.63. The van der Waals surface area contributed by atoms with Crippen molar-refractivity contribution in [1.29, 1.82) is 0 Å². The Kier molecular flexibility index (Phi) is 4.56. The maximum atomic E-state index is 12.2. The molecule has 0 aliphatic carbocycles. The number of rotatable bonds is 4. The normalized spacial score (nSPS) is 24.7. The molecule has 3 rings (SSSR count). The third-order valence-corrected chi connectivity index (χ3v) is 3.98. The number of aromatic nitrogens is 3. The molecule has 3 atom stereocenters. The Morgan fingerprint density at radius 3 is 3.17 bits per heavy atom. The first-order valence-corrected chi connectivity index (χ1v) is 7.47. The largest absolute Gasteiger partial charge is 0.390 e. The number of hydrogen-bond acceptors (Lipinski definition) is 6. The average Bonchev–Trinajstić information content (AvgIpc) is 2.96. The van der Waals surface area contributed by atoms with E-state index in [1.54, 1.807) is 23.0 Å². The van der Waals surface area contributed by atoms with Crippen LogP contribution >= 0.6 is 0 Å². The summed E-state index contributed by atoms with van der Waals surface area (Å²) >= 11 is 0. The van der Waals surface area contributed by atoms with Gasteiger partial charge in [-0.25, -0.2) is 9.50 Å². The molecule has 1 aliphatic rings. The molecule has 1 fully saturated rings. The molecule has 0 aromatic carbocycles. The molecule has 0 unspecified atom stereocenters. The van der Waals surface area contributed by atoms with E-state index in [1.165, 1.54) is 7.11 Å². The minimum absolute atomic E-state index is 0.213. The smallest absolute Gasteiger partial charge is 0.271 e. The lowest BCUT2D eigenvalue weighted by molar-refractivity contribution is -0.132. The number of aliphatic hydroxyl groups excluding tert-OH is 1. The van der Waals surface area contributed by atoms with E-state index >= 15 is 0 Å². The summed E-state index contributed by atoms with van der Waals surface area (Å²) in [6.45, 7) is 2.94. The van der Waals surface area contributed by atoms with Crippen LogP contribution in [0.5, 0.6) is 0 Å². The van der Waals surface area contributed by atoms with Crippen molar-refractivity contribution in [2.75, 3.05) is 26.9 Å². The predicted octanol–water partition coefficient (Wildman–Crippen LogP) is -0.210. The average molecular weight is 320 g/mol. The highest BCUT2D eigenvalue weighted by Crippen LogP contribution is 2.17. The van der Waals surface area contributed by atoms with Crippen molar-refractivity contribution in [1.82, 2.24) is 19.9 Å². The van der Waals surface area contributed by atoms with E-state index in [4.69, 9.17) is 9.47 Å². The van der Waals surface area contributed by atoms with Gasteiger partial charge in [-0.3, -0.25) is 4.79 Å². The summed E-state index contributed by atoms with van der Waals surface area (Å²) < 4.78 is 12.1. The Balaban J connectivity index is 1.64. The SMILES string of the molecule is CO[C@@H]1COC[C@@H](CNC(=O)c2cc3ncc(C)cn3n2)[C@@H]1O. The molecule has 1 amide bonds. The van der Waals surface area contributed by atoms with Crippen LogP contribution in [0.3, 0.4) is 0 Å². The van der Waals surface area contributed by atoms with Crippen molar-refractivity contribution in [3.8, 4) is 0 Å². The van der Waals surface area contributed by atoms with Crippen molar-refractivity contribution in [3.05, 3.63) is 29.7 Å². The molecule has 0 saturated carbocycles. The second-order valence-electron chi connectivity index (χ2n) is 5.74. The van der Waals surface area contributed by atoms with E-state index < -0.39 is 6.10 Å². The number of ether oxygens (including phenoxy) is 2. The van der Waals surface area contributed by atoms with Gasteiger partial charge in [0, 0.05) is 38.0 Å². The molecular formula is C15H20N4O4. The molecule has 0 bridgehead atoms. The van der Waals surface area contributed by atoms with Crippen LogP contribution < -0.4 is 5.32 Å². The molecule has 8 heteroatoms. The van der Waals surface area contributed by atoms with Crippen LogP contribution in [0.4, 0.5) is 0 Å². The number of carbonyl (C=O) groups excluding carboxylic acids is 1. The molecule has 2 aromatic rings. The van der Waals surface area contributed by atoms with E-state index in [-0.39, 0.29) is 23.6 Å². The summed E-state index contributed by atoms with van der Waals surface area (Å²) in [7, 11) is 1.53. The standard InChI is InChI=1S/C15H20N4O4/c1-9-4-16-13-3-11(18-19(13)6-9)15(21)17-5-10-7-23-8-12(22-2)14(10)20/h3-4,6,10,12,14,20H,5,7-8H2,1-2H3,(H,17,21)/t10-,12-,14+/m1/s1. The number of methoxy groups -OCH3 is 1. The zero-order valence-corrected chi connectivity index (χ0v) is 13.1. The van der Waals surface area contributed by atoms with Gasteiger partial charge in [0.2, 0.25) is 0 Å². The van der Waals surface area contributed by atoms with Crippen molar-refractivity contribution < 1.29 is 19.4 Å². The van der Waals surface area contributed by atoms with Gasteiger partial charge < -0.3 is 19.9 Å². The maximum Gasteiger partial charge on any atom is 0.271 e. The fourth-order valence-electron chi connectivity index (χ4n) is 2.62. The van der Waals surface area contributed by atoms with Gasteiger partial charge in [0.15, 0.2) is 11.3 Å². The number of aliphatic hydroxyl groups is 1. The lowest BCUT2D eigenvalue weighted by Crippen LogP contribution is -2.49. The molecular weight excluding hydrogens is 300 g/mol. The van der Waals surface area contributed by atoms with E-state index in [2.05, 4.69) is 15.4 Å². The van der Waals surface area contributed by atoms with Crippen LogP contribution in [0.25, 0.3) is 5.65 Å². The number of amides is 1. The zero-order chi connectivity index (χ0) is 16.4. The third kappa shape index (κ3) is 3.34. The third-order valence-electron chi connectivity index (χ3n) is 3.98. The van der Waals surface area contributed by atoms with E-state index in [0.29, 0.717) is 25.4 Å². The van der Waals surface area contributed by atoms with Crippen LogP contribution in [-0.2, 0) is 9.47 Å². The lowest BCUT2D eigenvalue weighted by atomic mass is 9.96. The van der Waals surface area contributed by atoms with Gasteiger partial charge in [-0.05, 0) is 12.5 Å². The molecule has 124 valence electrons. The Labute approximate surface area is 133 Å². The number of carbonyl (C=O) groups is 1. The first-order chi connectivity index (χ1) is 11.1. The van der Waals surface area contributed by atoms with Gasteiger partial charge in [-0.1, -0.05) is 0 Å². The second-order valence-corrected chi connectivity index (χ2v) is 5.74. The molecule has 2 N–H and O–H groups in total. The van der Waals surface area contributed by atoms with Gasteiger partial charge in [0.1, 0.15) is 6.10 Å². The Bertz CT molecular complexity index is 702. The first-order valence-electron chi connectivity index (χ1n) is 7.47. The molecule has 3 heterocycles. The van der Waals surface area contributed by atoms with Gasteiger partial charge in [0.05, 0.1) is 19.3 Å². The van der Waals surface area contributed by atoms with Gasteiger partial charge in [-0.15, -0.1) is 0 Å². The molecule has 2 aromatic heterocycles. The Morgan fingerprint density at radius 2 is 2.39 bits per heavy atom. The van der Waals surface area contributed by atoms with Crippen molar-refractivity contribution in [3.63, 3.8) is 0 Å². The summed E-state index contributed by atoms with van der Waals surface area (Å²) in [6.07, 6.45) is 2.49. The predicted molar refractivity (Wildman–Crippen MR) is 81.2 cm³/mol. The van der Waals surface area contributed by atoms with E-state index in [9.17, 15) is 9.90 Å². The minimum atomic E-state index is -0.667. The second kappa shape index (κ2) is 6.61. The van der Waals surface area contributed by atoms with Crippen molar-refractivity contribution in [2.24, 2.45) is 5.92 Å². The summed E-state index contributed by atoms with van der Waals surface area (Å²) in [5.74, 6) is -0.519. The van der Waals surface area contributed by atoms with Crippen LogP contribution in [0.15, 0.2) is 18.5 Å². The zero-order valence-electron chi connectivity index (χ0n) is 13.1. The topological polar surface area (TPSA) is 98.0 Å². The molecule has 1 saturated heterocycles.